The second-order valence-corrected chi connectivity index (χ2v) is 8.20. The van der Waals surface area contributed by atoms with Gasteiger partial charge in [-0.3, -0.25) is 9.69 Å². The molecule has 9 nitrogen and oxygen atoms in total. The molecule has 1 aromatic heterocycles. The van der Waals surface area contributed by atoms with Crippen LogP contribution in [0.5, 0.6) is 0 Å². The maximum Gasteiger partial charge on any atom is 0.337 e. The first kappa shape index (κ1) is 24.1. The quantitative estimate of drug-likeness (QED) is 0.497. The molecule has 3 rings (SSSR count). The third-order valence-electron chi connectivity index (χ3n) is 5.72. The molecule has 0 saturated carbocycles. The molecule has 2 aromatic rings. The van der Waals surface area contributed by atoms with Crippen molar-refractivity contribution in [1.82, 2.24) is 15.1 Å². The fourth-order valence-corrected chi connectivity index (χ4v) is 3.84. The van der Waals surface area contributed by atoms with Crippen LogP contribution < -0.4 is 10.2 Å². The number of carboxylic acid groups (broad SMARTS) is 1. The van der Waals surface area contributed by atoms with Crippen LogP contribution in [0.3, 0.4) is 0 Å². The minimum Gasteiger partial charge on any atom is -0.478 e. The largest absolute Gasteiger partial charge is 0.478 e. The topological polar surface area (TPSA) is 122 Å². The van der Waals surface area contributed by atoms with E-state index in [0.29, 0.717) is 5.82 Å². The van der Waals surface area contributed by atoms with Gasteiger partial charge in [0.2, 0.25) is 0 Å². The summed E-state index contributed by atoms with van der Waals surface area (Å²) < 4.78 is 0. The van der Waals surface area contributed by atoms with Gasteiger partial charge in [-0.05, 0) is 43.3 Å². The van der Waals surface area contributed by atoms with Gasteiger partial charge < -0.3 is 15.3 Å². The van der Waals surface area contributed by atoms with E-state index in [9.17, 15) is 14.7 Å². The number of hydrogen-bond donors (Lipinski definition) is 2. The fourth-order valence-electron chi connectivity index (χ4n) is 3.84. The molecule has 174 valence electrons. The number of carbonyl (C=O) groups is 2. The maximum atomic E-state index is 12.6. The number of aromatic carboxylic acids is 1. The zero-order chi connectivity index (χ0) is 23.6. The first-order valence-corrected chi connectivity index (χ1v) is 11.4. The molecule has 1 aromatic carbocycles. The molecule has 1 aliphatic heterocycles. The summed E-state index contributed by atoms with van der Waals surface area (Å²) in [5, 5.41) is 29.1. The Kier molecular flexibility index (Phi) is 8.72. The number of amides is 1. The lowest BCUT2D eigenvalue weighted by atomic mass is 10.1. The highest BCUT2D eigenvalue weighted by molar-refractivity contribution is 6.06. The van der Waals surface area contributed by atoms with E-state index in [-0.39, 0.29) is 22.5 Å². The lowest BCUT2D eigenvalue weighted by molar-refractivity contribution is 0.0698. The predicted molar refractivity (Wildman–Crippen MR) is 125 cm³/mol. The van der Waals surface area contributed by atoms with Crippen LogP contribution in [0, 0.1) is 11.3 Å². The standard InChI is InChI=1S/C24H30N6O3/c1-2-3-4-5-6-7-12-29-13-14-30(17-29)22-11-10-20(27-28-22)23(31)26-21-15-18(16-25)8-9-19(21)24(32)33/h8-11,15H,2-7,12-14,17H2,1H3,(H,26,31)(H,32,33). The van der Waals surface area contributed by atoms with Crippen LogP contribution >= 0.6 is 0 Å². The molecule has 33 heavy (non-hydrogen) atoms. The van der Waals surface area contributed by atoms with Crippen molar-refractivity contribution in [2.24, 2.45) is 0 Å². The summed E-state index contributed by atoms with van der Waals surface area (Å²) in [5.41, 5.74) is 0.258. The number of hydrogen-bond acceptors (Lipinski definition) is 7. The summed E-state index contributed by atoms with van der Waals surface area (Å²) in [6.45, 7) is 5.93. The van der Waals surface area contributed by atoms with E-state index in [0.717, 1.165) is 26.3 Å². The van der Waals surface area contributed by atoms with Crippen LogP contribution in [-0.4, -0.2) is 58.4 Å². The molecule has 1 fully saturated rings. The van der Waals surface area contributed by atoms with Gasteiger partial charge in [0.15, 0.2) is 11.5 Å². The summed E-state index contributed by atoms with van der Waals surface area (Å²) >= 11 is 0. The molecule has 0 spiro atoms. The summed E-state index contributed by atoms with van der Waals surface area (Å²) in [6.07, 6.45) is 7.67. The molecule has 1 aliphatic rings. The number of carboxylic acids is 1. The molecule has 9 heteroatoms. The minimum atomic E-state index is -1.20. The van der Waals surface area contributed by atoms with Gasteiger partial charge in [0.05, 0.1) is 29.6 Å². The van der Waals surface area contributed by atoms with Crippen molar-refractivity contribution in [2.45, 2.75) is 45.4 Å². The van der Waals surface area contributed by atoms with Gasteiger partial charge in [0, 0.05) is 13.1 Å². The van der Waals surface area contributed by atoms with Crippen molar-refractivity contribution < 1.29 is 14.7 Å². The van der Waals surface area contributed by atoms with Gasteiger partial charge in [0.1, 0.15) is 0 Å². The smallest absolute Gasteiger partial charge is 0.337 e. The zero-order valence-electron chi connectivity index (χ0n) is 19.0. The predicted octanol–water partition coefficient (Wildman–Crippen LogP) is 3.74. The molecule has 1 saturated heterocycles. The monoisotopic (exact) mass is 450 g/mol. The van der Waals surface area contributed by atoms with Crippen LogP contribution in [-0.2, 0) is 0 Å². The van der Waals surface area contributed by atoms with Gasteiger partial charge in [-0.15, -0.1) is 10.2 Å². The number of benzene rings is 1. The Bertz CT molecular complexity index is 1000. The van der Waals surface area contributed by atoms with Gasteiger partial charge in [0.25, 0.3) is 5.91 Å². The minimum absolute atomic E-state index is 0.0438. The van der Waals surface area contributed by atoms with Crippen molar-refractivity contribution in [3.63, 3.8) is 0 Å². The zero-order valence-corrected chi connectivity index (χ0v) is 19.0. The molecule has 2 heterocycles. The van der Waals surface area contributed by atoms with Crippen LogP contribution in [0.1, 0.15) is 71.9 Å². The normalized spacial score (nSPS) is 13.6. The Balaban J connectivity index is 1.54. The number of nitriles is 1. The average molecular weight is 451 g/mol. The lowest BCUT2D eigenvalue weighted by Gasteiger charge is -2.18. The second kappa shape index (κ2) is 11.9. The number of rotatable bonds is 11. The summed E-state index contributed by atoms with van der Waals surface area (Å²) in [6, 6.07) is 9.25. The summed E-state index contributed by atoms with van der Waals surface area (Å²) in [5.74, 6) is -1.08. The van der Waals surface area contributed by atoms with E-state index >= 15 is 0 Å². The van der Waals surface area contributed by atoms with Gasteiger partial charge in [-0.1, -0.05) is 39.0 Å². The van der Waals surface area contributed by atoms with Crippen molar-refractivity contribution in [3.05, 3.63) is 47.2 Å². The molecule has 0 radical (unpaired) electrons. The number of unbranched alkanes of at least 4 members (excludes halogenated alkanes) is 5. The highest BCUT2D eigenvalue weighted by Gasteiger charge is 2.22. The van der Waals surface area contributed by atoms with E-state index in [1.807, 2.05) is 6.07 Å². The number of anilines is 2. The Morgan fingerprint density at radius 2 is 1.88 bits per heavy atom. The van der Waals surface area contributed by atoms with Crippen LogP contribution in [0.4, 0.5) is 11.5 Å². The van der Waals surface area contributed by atoms with Crippen molar-refractivity contribution in [1.29, 1.82) is 5.26 Å². The van der Waals surface area contributed by atoms with E-state index in [4.69, 9.17) is 5.26 Å². The van der Waals surface area contributed by atoms with E-state index < -0.39 is 11.9 Å². The third kappa shape index (κ3) is 6.73. The molecule has 0 atom stereocenters. The number of aromatic nitrogens is 2. The maximum absolute atomic E-state index is 12.6. The highest BCUT2D eigenvalue weighted by atomic mass is 16.4. The van der Waals surface area contributed by atoms with E-state index in [1.54, 1.807) is 12.1 Å². The van der Waals surface area contributed by atoms with Crippen LogP contribution in [0.2, 0.25) is 0 Å². The summed E-state index contributed by atoms with van der Waals surface area (Å²) in [4.78, 5) is 28.5. The van der Waals surface area contributed by atoms with Crippen molar-refractivity contribution in [2.75, 3.05) is 36.5 Å². The summed E-state index contributed by atoms with van der Waals surface area (Å²) in [7, 11) is 0. The van der Waals surface area contributed by atoms with Crippen molar-refractivity contribution >= 4 is 23.4 Å². The second-order valence-electron chi connectivity index (χ2n) is 8.20. The molecule has 0 unspecified atom stereocenters. The third-order valence-corrected chi connectivity index (χ3v) is 5.72. The van der Waals surface area contributed by atoms with Gasteiger partial charge >= 0.3 is 5.97 Å². The van der Waals surface area contributed by atoms with Crippen LogP contribution in [0.25, 0.3) is 0 Å². The highest BCUT2D eigenvalue weighted by Crippen LogP contribution is 2.20. The Morgan fingerprint density at radius 3 is 2.58 bits per heavy atom. The van der Waals surface area contributed by atoms with Gasteiger partial charge in [-0.2, -0.15) is 5.26 Å². The molecule has 0 bridgehead atoms. The number of nitrogens with one attached hydrogen (secondary N) is 1. The fraction of sp³-hybridized carbons (Fsp3) is 0.458. The Hall–Kier alpha value is -3.51. The Labute approximate surface area is 194 Å². The number of nitrogens with zero attached hydrogens (tertiary/aromatic N) is 5. The average Bonchev–Trinajstić information content (AvgIpc) is 3.30. The van der Waals surface area contributed by atoms with Gasteiger partial charge in [-0.25, -0.2) is 4.79 Å². The van der Waals surface area contributed by atoms with E-state index in [2.05, 4.69) is 32.2 Å². The van der Waals surface area contributed by atoms with Crippen LogP contribution in [0.15, 0.2) is 30.3 Å². The molecule has 0 aliphatic carbocycles. The van der Waals surface area contributed by atoms with Crippen molar-refractivity contribution in [3.8, 4) is 6.07 Å². The molecule has 2 N–H and O–H groups in total. The molecular weight excluding hydrogens is 420 g/mol. The van der Waals surface area contributed by atoms with E-state index in [1.165, 1.54) is 56.7 Å². The lowest BCUT2D eigenvalue weighted by Crippen LogP contribution is -2.27. The molecule has 1 amide bonds. The first-order valence-electron chi connectivity index (χ1n) is 11.4. The number of carbonyl (C=O) groups excluding carboxylic acids is 1. The molecular formula is C24H30N6O3. The SMILES string of the molecule is CCCCCCCCN1CCN(c2ccc(C(=O)Nc3cc(C#N)ccc3C(=O)O)nn2)C1. The Morgan fingerprint density at radius 1 is 1.09 bits per heavy atom. The first-order chi connectivity index (χ1) is 16.0.